The van der Waals surface area contributed by atoms with Crippen LogP contribution in [0.15, 0.2) is 218 Å². The summed E-state index contributed by atoms with van der Waals surface area (Å²) < 4.78 is 54.6. The van der Waals surface area contributed by atoms with E-state index in [-0.39, 0.29) is 22.3 Å². The van der Waals surface area contributed by atoms with Gasteiger partial charge < -0.3 is 55.5 Å². The molecule has 12 nitrogen and oxygen atoms in total. The fourth-order valence-electron chi connectivity index (χ4n) is 10.9. The number of hydrogen-bond acceptors (Lipinski definition) is 12. The molecule has 3 aliphatic rings. The molecule has 0 saturated heterocycles. The van der Waals surface area contributed by atoms with Crippen molar-refractivity contribution in [1.82, 2.24) is 4.90 Å². The highest BCUT2D eigenvalue weighted by Crippen LogP contribution is 2.51. The maximum Gasteiger partial charge on any atom is 0.213 e. The van der Waals surface area contributed by atoms with E-state index in [0.29, 0.717) is 25.5 Å². The number of thioether (sulfide) groups is 3. The SMILES string of the molecule is CCOP(C)(=O)CCCN1C(=Cc2cc[n+](CCN(C)C)cc2)Sc2ccccc21.CCOP(C)(=O)CCCN1C(=Cc2cc[n+](Cc3ccccc3)c3ccccc23)Sc2ccccc21.C[n+]1ccc(C=C2Sc3ccccc3N2CCCP(C)(C)=O)cc1.[CH3-].[CH3-].[CH3-]. The molecule has 0 saturated carbocycles. The third-order valence-electron chi connectivity index (χ3n) is 15.4. The van der Waals surface area contributed by atoms with Crippen LogP contribution in [-0.2, 0) is 42.9 Å². The summed E-state index contributed by atoms with van der Waals surface area (Å²) in [7, 11) is -0.787. The average molecular weight is 1370 g/mol. The van der Waals surface area contributed by atoms with Crippen molar-refractivity contribution in [3.63, 3.8) is 0 Å². The Balaban J connectivity index is 0.000000222. The predicted molar refractivity (Wildman–Crippen MR) is 403 cm³/mol. The minimum atomic E-state index is -2.54. The molecule has 0 radical (unpaired) electrons. The Bertz CT molecular complexity index is 3940. The highest BCUT2D eigenvalue weighted by molar-refractivity contribution is 8.04. The minimum Gasteiger partial charge on any atom is -0.358 e. The average Bonchev–Trinajstić information content (AvgIpc) is 1.79. The first-order valence-corrected chi connectivity index (χ1v) is 40.9. The molecule has 0 N–H and O–H groups in total. The van der Waals surface area contributed by atoms with E-state index in [1.54, 1.807) is 36.9 Å². The van der Waals surface area contributed by atoms with Gasteiger partial charge in [-0.25, -0.2) is 9.13 Å². The van der Waals surface area contributed by atoms with Gasteiger partial charge in [0.25, 0.3) is 0 Å². The number of nitrogens with zero attached hydrogens (tertiary/aromatic N) is 7. The third kappa shape index (κ3) is 22.3. The van der Waals surface area contributed by atoms with Crippen molar-refractivity contribution in [2.75, 3.05) is 113 Å². The van der Waals surface area contributed by atoms with Crippen LogP contribution in [0, 0.1) is 22.3 Å². The second-order valence-electron chi connectivity index (χ2n) is 23.7. The summed E-state index contributed by atoms with van der Waals surface area (Å²) in [5.41, 5.74) is 9.79. The van der Waals surface area contributed by atoms with E-state index >= 15 is 0 Å². The summed E-state index contributed by atoms with van der Waals surface area (Å²) in [5.74, 6) is 0. The molecular weight excluding hydrogens is 1270 g/mol. The standard InChI is InChI=1S/C30H32N2O2PS.C23H33N3O2PS.C19H24N2OPS.3CH3/c1-3-34-35(2,33)21-11-19-32-28-16-9-10-17-29(28)36-30(32)22-25-18-20-31(23-24-12-5-4-6-13-24)27-15-8-7-14-26(25)27;1-5-28-29(4,27)18-8-13-26-21-9-6-7-10-22(21)30-23(26)19-20-11-14-25(15-12-20)17-16-24(2)3;1-20-12-9-16(10-13-20)15-19-21(11-6-14-23(2,3)22)17-7-4-5-8-18(17)24-19;;;/h4-10,12-18,20,22H,3,11,19,21,23H2,1-2H3;6-7,9-12,14-15,19H,5,8,13,16-18H2,1-4H3;4-5,7-10,12-13,15H,6,11,14H2,1-3H3;3*1H3/q3*+1;3*-1. The highest BCUT2D eigenvalue weighted by Gasteiger charge is 2.29. The van der Waals surface area contributed by atoms with Crippen molar-refractivity contribution in [2.45, 2.75) is 60.9 Å². The summed E-state index contributed by atoms with van der Waals surface area (Å²) in [6, 6.07) is 55.5. The summed E-state index contributed by atoms with van der Waals surface area (Å²) in [6.45, 7) is 17.4. The molecular formula is C75H98N7O5P3S3. The molecule has 0 amide bonds. The number of benzene rings is 5. The van der Waals surface area contributed by atoms with Crippen molar-refractivity contribution in [2.24, 2.45) is 7.05 Å². The molecule has 2 unspecified atom stereocenters. The van der Waals surface area contributed by atoms with Gasteiger partial charge in [-0.1, -0.05) is 114 Å². The normalized spacial score (nSPS) is 15.6. The van der Waals surface area contributed by atoms with Gasteiger partial charge in [-0.05, 0) is 138 Å². The van der Waals surface area contributed by atoms with E-state index in [1.807, 2.05) is 50.6 Å². The van der Waals surface area contributed by atoms with E-state index < -0.39 is 21.9 Å². The first-order chi connectivity index (χ1) is 43.3. The molecule has 0 fully saturated rings. The molecule has 2 atom stereocenters. The molecule has 3 aliphatic heterocycles. The second-order valence-corrected chi connectivity index (χ2v) is 35.9. The second kappa shape index (κ2) is 36.2. The molecule has 6 heterocycles. The van der Waals surface area contributed by atoms with Crippen LogP contribution in [-0.4, -0.2) is 104 Å². The Labute approximate surface area is 570 Å². The zero-order chi connectivity index (χ0) is 63.7. The maximum absolute atomic E-state index is 12.7. The summed E-state index contributed by atoms with van der Waals surface area (Å²) >= 11 is 5.41. The number of likely N-dealkylation sites (N-methyl/N-ethyl adjacent to an activating group) is 1. The number of aromatic nitrogens is 3. The van der Waals surface area contributed by atoms with Gasteiger partial charge in [-0.15, -0.1) is 0 Å². The lowest BCUT2D eigenvalue weighted by Gasteiger charge is -2.22. The molecule has 5 aromatic carbocycles. The van der Waals surface area contributed by atoms with E-state index in [4.69, 9.17) is 9.05 Å². The zero-order valence-corrected chi connectivity index (χ0v) is 61.9. The van der Waals surface area contributed by atoms with Gasteiger partial charge in [-0.3, -0.25) is 9.13 Å². The van der Waals surface area contributed by atoms with Crippen molar-refractivity contribution < 1.29 is 36.4 Å². The fourth-order valence-corrected chi connectivity index (χ4v) is 18.0. The minimum absolute atomic E-state index is 0. The molecule has 496 valence electrons. The first-order valence-electron chi connectivity index (χ1n) is 31.1. The van der Waals surface area contributed by atoms with Crippen molar-refractivity contribution in [3.8, 4) is 0 Å². The zero-order valence-electron chi connectivity index (χ0n) is 56.8. The van der Waals surface area contributed by atoms with E-state index in [1.165, 1.54) is 80.0 Å². The molecule has 0 aliphatic carbocycles. The van der Waals surface area contributed by atoms with E-state index in [9.17, 15) is 13.7 Å². The van der Waals surface area contributed by atoms with Crippen LogP contribution in [0.4, 0.5) is 17.1 Å². The topological polar surface area (TPSA) is 94.3 Å². The summed E-state index contributed by atoms with van der Waals surface area (Å²) in [5, 5.41) is 4.88. The molecule has 18 heteroatoms. The van der Waals surface area contributed by atoms with Crippen LogP contribution in [0.3, 0.4) is 0 Å². The smallest absolute Gasteiger partial charge is 0.213 e. The van der Waals surface area contributed by atoms with Crippen LogP contribution < -0.4 is 28.4 Å². The summed E-state index contributed by atoms with van der Waals surface area (Å²) in [6.07, 6.45) is 22.0. The Morgan fingerprint density at radius 1 is 0.495 bits per heavy atom. The molecule has 93 heavy (non-hydrogen) atoms. The first kappa shape index (κ1) is 76.1. The number of hydrogen-bond donors (Lipinski definition) is 0. The monoisotopic (exact) mass is 1370 g/mol. The van der Waals surface area contributed by atoms with Crippen LogP contribution in [0.5, 0.6) is 0 Å². The highest BCUT2D eigenvalue weighted by atomic mass is 32.2. The van der Waals surface area contributed by atoms with Gasteiger partial charge >= 0.3 is 0 Å². The number of para-hydroxylation sites is 4. The quantitative estimate of drug-likeness (QED) is 0.0328. The summed E-state index contributed by atoms with van der Waals surface area (Å²) in [4.78, 5) is 13.1. The Morgan fingerprint density at radius 3 is 1.38 bits per heavy atom. The molecule has 3 aromatic heterocycles. The predicted octanol–water partition coefficient (Wildman–Crippen LogP) is 18.0. The van der Waals surface area contributed by atoms with Crippen LogP contribution in [0.1, 0.15) is 55.4 Å². The number of aryl methyl sites for hydroxylation is 1. The van der Waals surface area contributed by atoms with Crippen molar-refractivity contribution in [3.05, 3.63) is 248 Å². The Kier molecular flexibility index (Phi) is 29.6. The lowest BCUT2D eigenvalue weighted by atomic mass is 10.1. The van der Waals surface area contributed by atoms with Crippen molar-refractivity contribution in [1.29, 1.82) is 0 Å². The largest absolute Gasteiger partial charge is 0.358 e. The fraction of sp³-hybridized carbons (Fsp3) is 0.307. The van der Waals surface area contributed by atoms with Gasteiger partial charge in [0.05, 0.1) is 64.4 Å². The van der Waals surface area contributed by atoms with Gasteiger partial charge in [-0.2, -0.15) is 4.57 Å². The van der Waals surface area contributed by atoms with Gasteiger partial charge in [0.1, 0.15) is 7.05 Å². The van der Waals surface area contributed by atoms with E-state index in [0.717, 1.165) is 64.7 Å². The van der Waals surface area contributed by atoms with Crippen LogP contribution >= 0.6 is 57.2 Å². The molecule has 11 rings (SSSR count). The third-order valence-corrected chi connectivity index (χ3v) is 24.0. The molecule has 0 bridgehead atoms. The number of pyridine rings is 3. The Hall–Kier alpha value is -5.95. The van der Waals surface area contributed by atoms with Crippen LogP contribution in [0.25, 0.3) is 29.1 Å². The number of fused-ring (bicyclic) bond motifs is 4. The number of rotatable bonds is 24. The number of anilines is 3. The van der Waals surface area contributed by atoms with Gasteiger partial charge in [0.2, 0.25) is 5.52 Å². The molecule has 0 spiro atoms. The maximum atomic E-state index is 12.7. The van der Waals surface area contributed by atoms with Crippen LogP contribution in [0.2, 0.25) is 0 Å². The lowest BCUT2D eigenvalue weighted by molar-refractivity contribution is -0.696. The van der Waals surface area contributed by atoms with Crippen molar-refractivity contribution >= 4 is 103 Å². The lowest BCUT2D eigenvalue weighted by Crippen LogP contribution is -2.37. The molecule has 8 aromatic rings. The van der Waals surface area contributed by atoms with Gasteiger partial charge in [0, 0.05) is 108 Å². The Morgan fingerprint density at radius 2 is 0.914 bits per heavy atom. The van der Waals surface area contributed by atoms with E-state index in [2.05, 4.69) is 250 Å². The van der Waals surface area contributed by atoms with Gasteiger partial charge in [0.15, 0.2) is 58.8 Å².